The molecule has 0 spiro atoms. The van der Waals surface area contributed by atoms with Crippen LogP contribution in [0.25, 0.3) is 0 Å². The molecule has 0 aromatic heterocycles. The van der Waals surface area contributed by atoms with Crippen LogP contribution < -0.4 is 0 Å². The molecule has 1 saturated heterocycles. The highest BCUT2D eigenvalue weighted by molar-refractivity contribution is 6.70. The van der Waals surface area contributed by atoms with Gasteiger partial charge >= 0.3 is 8.56 Å². The van der Waals surface area contributed by atoms with E-state index in [0.717, 1.165) is 0 Å². The second-order valence-electron chi connectivity index (χ2n) is 4.36. The lowest BCUT2D eigenvalue weighted by molar-refractivity contribution is 0.175. The fourth-order valence-electron chi connectivity index (χ4n) is 3.14. The quantitative estimate of drug-likeness (QED) is 0.670. The van der Waals surface area contributed by atoms with Crippen molar-refractivity contribution in [1.29, 1.82) is 0 Å². The molecular formula is C11H24O2Si. The number of hydrogen-bond acceptors (Lipinski definition) is 2. The third-order valence-corrected chi connectivity index (χ3v) is 9.14. The molecule has 0 aromatic carbocycles. The van der Waals surface area contributed by atoms with E-state index in [0.29, 0.717) is 5.04 Å². The van der Waals surface area contributed by atoms with Crippen molar-refractivity contribution in [1.82, 2.24) is 0 Å². The van der Waals surface area contributed by atoms with Gasteiger partial charge in [0.05, 0.1) is 0 Å². The van der Waals surface area contributed by atoms with Crippen molar-refractivity contribution in [2.75, 3.05) is 14.2 Å². The summed E-state index contributed by atoms with van der Waals surface area (Å²) in [5, 5.41) is 0.370. The summed E-state index contributed by atoms with van der Waals surface area (Å²) in [6.45, 7) is 4.57. The minimum Gasteiger partial charge on any atom is -0.397 e. The van der Waals surface area contributed by atoms with Gasteiger partial charge in [0, 0.05) is 19.3 Å². The van der Waals surface area contributed by atoms with E-state index in [-0.39, 0.29) is 0 Å². The Morgan fingerprint density at radius 3 is 2.00 bits per heavy atom. The van der Waals surface area contributed by atoms with Crippen LogP contribution in [0.3, 0.4) is 0 Å². The molecule has 1 heterocycles. The molecule has 14 heavy (non-hydrogen) atoms. The second kappa shape index (κ2) is 4.77. The Hall–Kier alpha value is 0.137. The SMILES string of the molecule is CCC1(CC)CCCC[Si]1(OC)OC. The van der Waals surface area contributed by atoms with Gasteiger partial charge in [-0.25, -0.2) is 0 Å². The van der Waals surface area contributed by atoms with E-state index in [2.05, 4.69) is 13.8 Å². The van der Waals surface area contributed by atoms with Gasteiger partial charge in [0.2, 0.25) is 0 Å². The lowest BCUT2D eigenvalue weighted by Gasteiger charge is -2.48. The molecule has 1 aliphatic rings. The minimum absolute atomic E-state index is 0.370. The van der Waals surface area contributed by atoms with Gasteiger partial charge in [-0.1, -0.05) is 26.7 Å². The first-order valence-corrected chi connectivity index (χ1v) is 7.83. The van der Waals surface area contributed by atoms with Crippen LogP contribution in [-0.4, -0.2) is 22.8 Å². The lowest BCUT2D eigenvalue weighted by Crippen LogP contribution is -2.53. The zero-order valence-electron chi connectivity index (χ0n) is 10.1. The van der Waals surface area contributed by atoms with Crippen LogP contribution in [0.5, 0.6) is 0 Å². The van der Waals surface area contributed by atoms with Gasteiger partial charge in [-0.3, -0.25) is 0 Å². The zero-order chi connectivity index (χ0) is 10.7. The van der Waals surface area contributed by atoms with Crippen molar-refractivity contribution in [3.8, 4) is 0 Å². The minimum atomic E-state index is -1.91. The Morgan fingerprint density at radius 1 is 1.07 bits per heavy atom. The second-order valence-corrected chi connectivity index (χ2v) is 8.24. The number of hydrogen-bond donors (Lipinski definition) is 0. The molecule has 0 amide bonds. The van der Waals surface area contributed by atoms with Gasteiger partial charge in [-0.2, -0.15) is 0 Å². The number of rotatable bonds is 4. The average molecular weight is 216 g/mol. The molecule has 0 aliphatic carbocycles. The highest BCUT2D eigenvalue weighted by Gasteiger charge is 2.55. The molecule has 0 bridgehead atoms. The van der Waals surface area contributed by atoms with Gasteiger partial charge in [-0.05, 0) is 25.3 Å². The van der Waals surface area contributed by atoms with Gasteiger partial charge in [0.1, 0.15) is 0 Å². The van der Waals surface area contributed by atoms with E-state index in [4.69, 9.17) is 8.85 Å². The van der Waals surface area contributed by atoms with E-state index in [9.17, 15) is 0 Å². The third kappa shape index (κ3) is 1.66. The monoisotopic (exact) mass is 216 g/mol. The summed E-state index contributed by atoms with van der Waals surface area (Å²) in [5.74, 6) is 0. The Labute approximate surface area is 89.2 Å². The van der Waals surface area contributed by atoms with E-state index in [1.54, 1.807) is 0 Å². The third-order valence-electron chi connectivity index (χ3n) is 4.23. The molecule has 0 radical (unpaired) electrons. The predicted octanol–water partition coefficient (Wildman–Crippen LogP) is 3.47. The van der Waals surface area contributed by atoms with Crippen LogP contribution in [-0.2, 0) is 8.85 Å². The van der Waals surface area contributed by atoms with Crippen molar-refractivity contribution in [3.05, 3.63) is 0 Å². The van der Waals surface area contributed by atoms with Crippen molar-refractivity contribution < 1.29 is 8.85 Å². The molecule has 1 rings (SSSR count). The Bertz CT molecular complexity index is 154. The van der Waals surface area contributed by atoms with Crippen molar-refractivity contribution in [2.24, 2.45) is 0 Å². The first-order valence-electron chi connectivity index (χ1n) is 5.80. The normalized spacial score (nSPS) is 24.9. The van der Waals surface area contributed by atoms with Gasteiger partial charge in [-0.15, -0.1) is 0 Å². The van der Waals surface area contributed by atoms with Gasteiger partial charge < -0.3 is 8.85 Å². The largest absolute Gasteiger partial charge is 0.397 e. The highest BCUT2D eigenvalue weighted by Crippen LogP contribution is 2.54. The molecule has 0 saturated carbocycles. The molecule has 3 heteroatoms. The summed E-state index contributed by atoms with van der Waals surface area (Å²) in [6, 6.07) is 1.18. The fourth-order valence-corrected chi connectivity index (χ4v) is 7.46. The van der Waals surface area contributed by atoms with Gasteiger partial charge in [0.15, 0.2) is 0 Å². The van der Waals surface area contributed by atoms with E-state index in [1.807, 2.05) is 14.2 Å². The maximum atomic E-state index is 5.84. The van der Waals surface area contributed by atoms with Crippen LogP contribution in [0.15, 0.2) is 0 Å². The van der Waals surface area contributed by atoms with Crippen LogP contribution in [0.1, 0.15) is 46.0 Å². The highest BCUT2D eigenvalue weighted by atomic mass is 28.4. The van der Waals surface area contributed by atoms with Gasteiger partial charge in [0.25, 0.3) is 0 Å². The fraction of sp³-hybridized carbons (Fsp3) is 1.00. The maximum Gasteiger partial charge on any atom is 0.344 e. The molecule has 84 valence electrons. The Balaban J connectivity index is 2.96. The van der Waals surface area contributed by atoms with Crippen molar-refractivity contribution in [2.45, 2.75) is 57.0 Å². The molecule has 0 atom stereocenters. The summed E-state index contributed by atoms with van der Waals surface area (Å²) >= 11 is 0. The molecular weight excluding hydrogens is 192 g/mol. The van der Waals surface area contributed by atoms with Crippen LogP contribution in [0.4, 0.5) is 0 Å². The molecule has 0 unspecified atom stereocenters. The zero-order valence-corrected chi connectivity index (χ0v) is 11.1. The summed E-state index contributed by atoms with van der Waals surface area (Å²) in [4.78, 5) is 0. The Morgan fingerprint density at radius 2 is 1.64 bits per heavy atom. The standard InChI is InChI=1S/C11H24O2Si/c1-5-11(6-2)9-7-8-10-14(11,12-3)13-4/h5-10H2,1-4H3. The summed E-state index contributed by atoms with van der Waals surface area (Å²) < 4.78 is 11.7. The lowest BCUT2D eigenvalue weighted by atomic mass is 9.94. The Kier molecular flexibility index (Phi) is 4.16. The summed E-state index contributed by atoms with van der Waals surface area (Å²) in [5.41, 5.74) is 0. The molecule has 0 N–H and O–H groups in total. The van der Waals surface area contributed by atoms with Crippen LogP contribution in [0.2, 0.25) is 11.1 Å². The van der Waals surface area contributed by atoms with Crippen molar-refractivity contribution in [3.63, 3.8) is 0 Å². The summed E-state index contributed by atoms with van der Waals surface area (Å²) in [7, 11) is 1.79. The van der Waals surface area contributed by atoms with Crippen LogP contribution >= 0.6 is 0 Å². The first-order chi connectivity index (χ1) is 6.70. The first kappa shape index (κ1) is 12.2. The molecule has 0 aromatic rings. The van der Waals surface area contributed by atoms with Crippen molar-refractivity contribution >= 4 is 8.56 Å². The molecule has 2 nitrogen and oxygen atoms in total. The smallest absolute Gasteiger partial charge is 0.344 e. The van der Waals surface area contributed by atoms with E-state index < -0.39 is 8.56 Å². The predicted molar refractivity (Wildman–Crippen MR) is 61.7 cm³/mol. The van der Waals surface area contributed by atoms with E-state index in [1.165, 1.54) is 38.1 Å². The molecule has 1 aliphatic heterocycles. The average Bonchev–Trinajstić information content (AvgIpc) is 2.28. The maximum absolute atomic E-state index is 5.84. The van der Waals surface area contributed by atoms with E-state index >= 15 is 0 Å². The summed E-state index contributed by atoms with van der Waals surface area (Å²) in [6.07, 6.45) is 6.35. The topological polar surface area (TPSA) is 18.5 Å². The molecule has 1 fully saturated rings. The van der Waals surface area contributed by atoms with Crippen LogP contribution in [0, 0.1) is 0 Å².